The molecule has 0 aliphatic carbocycles. The van der Waals surface area contributed by atoms with Crippen LogP contribution in [0.1, 0.15) is 38.1 Å². The highest BCUT2D eigenvalue weighted by Gasteiger charge is 2.72. The minimum Gasteiger partial charge on any atom is -0.492 e. The number of imide groups is 1. The van der Waals surface area contributed by atoms with Crippen LogP contribution in [0.15, 0.2) is 30.4 Å². The van der Waals surface area contributed by atoms with Crippen molar-refractivity contribution in [2.24, 2.45) is 11.8 Å². The van der Waals surface area contributed by atoms with Gasteiger partial charge in [-0.2, -0.15) is 0 Å². The SMILES string of the molecule is CCOc1ccc(C(C)=O)cc1N1C(=O)C2C3C=CC(C(OC(C)=O)OC(C)=O)(O3)C2C1=O. The monoisotopic (exact) mass is 457 g/mol. The minimum atomic E-state index is -1.65. The zero-order valence-electron chi connectivity index (χ0n) is 18.5. The number of carbonyl (C=O) groups is 5. The first-order valence-corrected chi connectivity index (χ1v) is 10.5. The molecule has 1 aromatic carbocycles. The summed E-state index contributed by atoms with van der Waals surface area (Å²) in [5.74, 6) is -4.71. The lowest BCUT2D eigenvalue weighted by Gasteiger charge is -2.34. The van der Waals surface area contributed by atoms with Crippen LogP contribution < -0.4 is 9.64 Å². The molecule has 0 spiro atoms. The Kier molecular flexibility index (Phi) is 5.57. The third kappa shape index (κ3) is 3.50. The summed E-state index contributed by atoms with van der Waals surface area (Å²) in [6.45, 7) is 5.66. The highest BCUT2D eigenvalue weighted by atomic mass is 16.7. The molecule has 0 N–H and O–H groups in total. The zero-order valence-corrected chi connectivity index (χ0v) is 18.5. The van der Waals surface area contributed by atoms with E-state index in [9.17, 15) is 24.0 Å². The molecule has 33 heavy (non-hydrogen) atoms. The molecule has 2 bridgehead atoms. The number of hydrogen-bond donors (Lipinski definition) is 0. The van der Waals surface area contributed by atoms with Crippen LogP contribution in [0.25, 0.3) is 0 Å². The number of rotatable bonds is 7. The van der Waals surface area contributed by atoms with Gasteiger partial charge in [-0.15, -0.1) is 0 Å². The van der Waals surface area contributed by atoms with Crippen molar-refractivity contribution in [3.8, 4) is 5.75 Å². The van der Waals surface area contributed by atoms with Crippen LogP contribution in [0.2, 0.25) is 0 Å². The predicted molar refractivity (Wildman–Crippen MR) is 111 cm³/mol. The number of amides is 2. The van der Waals surface area contributed by atoms with E-state index in [0.717, 1.165) is 18.7 Å². The molecule has 0 radical (unpaired) electrons. The van der Waals surface area contributed by atoms with Gasteiger partial charge in [0.15, 0.2) is 11.4 Å². The van der Waals surface area contributed by atoms with E-state index in [1.807, 2.05) is 0 Å². The second-order valence-electron chi connectivity index (χ2n) is 8.03. The van der Waals surface area contributed by atoms with Crippen molar-refractivity contribution in [2.75, 3.05) is 11.5 Å². The lowest BCUT2D eigenvalue weighted by Crippen LogP contribution is -2.52. The quantitative estimate of drug-likeness (QED) is 0.197. The maximum absolute atomic E-state index is 13.7. The smallest absolute Gasteiger partial charge is 0.305 e. The van der Waals surface area contributed by atoms with Crippen LogP contribution in [-0.4, -0.2) is 54.1 Å². The third-order valence-electron chi connectivity index (χ3n) is 5.90. The summed E-state index contributed by atoms with van der Waals surface area (Å²) >= 11 is 0. The van der Waals surface area contributed by atoms with Crippen LogP contribution in [0.5, 0.6) is 5.75 Å². The molecule has 10 heteroatoms. The van der Waals surface area contributed by atoms with Crippen LogP contribution >= 0.6 is 0 Å². The van der Waals surface area contributed by atoms with Crippen molar-refractivity contribution in [1.82, 2.24) is 0 Å². The van der Waals surface area contributed by atoms with Gasteiger partial charge >= 0.3 is 11.9 Å². The van der Waals surface area contributed by atoms with Gasteiger partial charge in [0.25, 0.3) is 6.29 Å². The fourth-order valence-corrected chi connectivity index (χ4v) is 4.64. The molecule has 4 atom stereocenters. The van der Waals surface area contributed by atoms with E-state index in [2.05, 4.69) is 0 Å². The maximum atomic E-state index is 13.7. The van der Waals surface area contributed by atoms with Crippen molar-refractivity contribution in [1.29, 1.82) is 0 Å². The number of fused-ring (bicyclic) bond motifs is 5. The van der Waals surface area contributed by atoms with E-state index in [0.29, 0.717) is 5.56 Å². The Hall–Kier alpha value is -3.53. The number of benzene rings is 1. The topological polar surface area (TPSA) is 126 Å². The largest absolute Gasteiger partial charge is 0.492 e. The molecule has 0 saturated carbocycles. The number of hydrogen-bond acceptors (Lipinski definition) is 9. The van der Waals surface area contributed by atoms with E-state index >= 15 is 0 Å². The molecule has 2 fully saturated rings. The summed E-state index contributed by atoms with van der Waals surface area (Å²) in [7, 11) is 0. The molecule has 174 valence electrons. The summed E-state index contributed by atoms with van der Waals surface area (Å²) in [6.07, 6.45) is 0.747. The van der Waals surface area contributed by atoms with Crippen molar-refractivity contribution in [2.45, 2.75) is 45.7 Å². The molecule has 3 aliphatic heterocycles. The first-order chi connectivity index (χ1) is 15.6. The first kappa shape index (κ1) is 22.7. The molecule has 4 rings (SSSR count). The van der Waals surface area contributed by atoms with Gasteiger partial charge in [0.05, 0.1) is 30.2 Å². The summed E-state index contributed by atoms with van der Waals surface area (Å²) < 4.78 is 21.9. The molecule has 3 heterocycles. The predicted octanol–water partition coefficient (Wildman–Crippen LogP) is 1.55. The molecule has 0 aromatic heterocycles. The van der Waals surface area contributed by atoms with E-state index in [4.69, 9.17) is 18.9 Å². The second-order valence-corrected chi connectivity index (χ2v) is 8.03. The summed E-state index contributed by atoms with van der Waals surface area (Å²) in [4.78, 5) is 63.5. The maximum Gasteiger partial charge on any atom is 0.305 e. The average Bonchev–Trinajstić information content (AvgIpc) is 3.38. The lowest BCUT2D eigenvalue weighted by atomic mass is 9.76. The molecular weight excluding hydrogens is 434 g/mol. The van der Waals surface area contributed by atoms with Crippen LogP contribution in [0.4, 0.5) is 5.69 Å². The van der Waals surface area contributed by atoms with Crippen LogP contribution in [-0.2, 0) is 33.4 Å². The Bertz CT molecular complexity index is 1080. The van der Waals surface area contributed by atoms with E-state index in [1.165, 1.54) is 25.1 Å². The molecule has 2 saturated heterocycles. The van der Waals surface area contributed by atoms with Gasteiger partial charge in [-0.1, -0.05) is 6.08 Å². The number of anilines is 1. The van der Waals surface area contributed by atoms with Gasteiger partial charge in [-0.05, 0) is 38.1 Å². The minimum absolute atomic E-state index is 0.139. The number of nitrogens with zero attached hydrogens (tertiary/aromatic N) is 1. The normalized spacial score (nSPS) is 27.2. The summed E-state index contributed by atoms with van der Waals surface area (Å²) in [5, 5.41) is 0. The fourth-order valence-electron chi connectivity index (χ4n) is 4.64. The van der Waals surface area contributed by atoms with Crippen molar-refractivity contribution < 1.29 is 42.9 Å². The van der Waals surface area contributed by atoms with Gasteiger partial charge in [-0.25, -0.2) is 4.90 Å². The lowest BCUT2D eigenvalue weighted by molar-refractivity contribution is -0.226. The first-order valence-electron chi connectivity index (χ1n) is 10.5. The Morgan fingerprint density at radius 2 is 1.76 bits per heavy atom. The Morgan fingerprint density at radius 3 is 2.33 bits per heavy atom. The van der Waals surface area contributed by atoms with E-state index in [-0.39, 0.29) is 23.8 Å². The van der Waals surface area contributed by atoms with Gasteiger partial charge in [0.1, 0.15) is 5.75 Å². The fraction of sp³-hybridized carbons (Fsp3) is 0.435. The van der Waals surface area contributed by atoms with Crippen molar-refractivity contribution in [3.05, 3.63) is 35.9 Å². The highest BCUT2D eigenvalue weighted by molar-refractivity contribution is 6.24. The number of ether oxygens (including phenoxy) is 4. The van der Waals surface area contributed by atoms with Crippen LogP contribution in [0.3, 0.4) is 0 Å². The average molecular weight is 457 g/mol. The second kappa shape index (κ2) is 8.11. The highest BCUT2D eigenvalue weighted by Crippen LogP contribution is 2.55. The number of ketones is 1. The van der Waals surface area contributed by atoms with Gasteiger partial charge < -0.3 is 18.9 Å². The summed E-state index contributed by atoms with van der Waals surface area (Å²) in [6, 6.07) is 4.52. The number of carbonyl (C=O) groups excluding carboxylic acids is 5. The number of Topliss-reactive ketones (excluding diaryl/α,β-unsaturated/α-hetero) is 1. The molecule has 4 unspecified atom stereocenters. The van der Waals surface area contributed by atoms with Crippen molar-refractivity contribution >= 4 is 35.2 Å². The standard InChI is InChI=1S/C23H23NO9/c1-5-30-16-7-6-14(11(2)25)10-15(16)24-20(28)18-17-8-9-23(33-17,19(18)21(24)29)22(31-12(3)26)32-13(4)27/h6-10,17-19,22H,5H2,1-4H3. The Morgan fingerprint density at radius 1 is 1.09 bits per heavy atom. The third-order valence-corrected chi connectivity index (χ3v) is 5.90. The zero-order chi connectivity index (χ0) is 24.1. The van der Waals surface area contributed by atoms with Gasteiger partial charge in [0.2, 0.25) is 11.8 Å². The molecule has 2 amide bonds. The molecule has 10 nitrogen and oxygen atoms in total. The van der Waals surface area contributed by atoms with E-state index < -0.39 is 53.6 Å². The Labute approximate surface area is 189 Å². The van der Waals surface area contributed by atoms with Crippen molar-refractivity contribution in [3.63, 3.8) is 0 Å². The van der Waals surface area contributed by atoms with Gasteiger partial charge in [-0.3, -0.25) is 24.0 Å². The van der Waals surface area contributed by atoms with Gasteiger partial charge in [0, 0.05) is 19.4 Å². The molecule has 1 aromatic rings. The number of esters is 2. The van der Waals surface area contributed by atoms with E-state index in [1.54, 1.807) is 19.1 Å². The Balaban J connectivity index is 1.79. The summed E-state index contributed by atoms with van der Waals surface area (Å²) in [5.41, 5.74) is -1.21. The molecule has 3 aliphatic rings. The van der Waals surface area contributed by atoms with Crippen LogP contribution in [0, 0.1) is 11.8 Å². The molecular formula is C23H23NO9.